The van der Waals surface area contributed by atoms with Gasteiger partial charge in [0.2, 0.25) is 15.9 Å². The predicted octanol–water partition coefficient (Wildman–Crippen LogP) is 7.10. The van der Waals surface area contributed by atoms with E-state index in [0.29, 0.717) is 27.5 Å². The molecule has 0 saturated heterocycles. The molecular weight excluding hydrogens is 539 g/mol. The van der Waals surface area contributed by atoms with Crippen LogP contribution < -0.4 is 9.46 Å². The monoisotopic (exact) mass is 561 g/mol. The number of rotatable bonds is 7. The number of alkyl halides is 3. The molecule has 0 bridgehead atoms. The number of ether oxygens (including phenoxy) is 1. The van der Waals surface area contributed by atoms with Crippen molar-refractivity contribution in [2.45, 2.75) is 37.9 Å². The molecule has 0 spiro atoms. The Bertz CT molecular complexity index is 1560. The Hall–Kier alpha value is -3.47. The highest BCUT2D eigenvalue weighted by Crippen LogP contribution is 2.37. The standard InChI is InChI=1S/C27H23ClF3N3O3S/c1-16-11-17(2)24(18(3)12-16)37-26-23(10-9-22(33-26)20-13-21(28)15-32-14-20)38(35,36)34-25(27(29,30)31)19-7-5-4-6-8-19/h4-15,25,34H,1-3H3/t25-/m0/s1. The number of hydrogen-bond donors (Lipinski definition) is 1. The van der Waals surface area contributed by atoms with Crippen LogP contribution in [0.15, 0.2) is 78.0 Å². The smallest absolute Gasteiger partial charge is 0.408 e. The number of pyridine rings is 2. The lowest BCUT2D eigenvalue weighted by Crippen LogP contribution is -2.38. The average Bonchev–Trinajstić information content (AvgIpc) is 2.84. The van der Waals surface area contributed by atoms with Crippen molar-refractivity contribution in [3.8, 4) is 22.9 Å². The minimum absolute atomic E-state index is 0.258. The van der Waals surface area contributed by atoms with Crippen molar-refractivity contribution in [1.29, 1.82) is 0 Å². The fourth-order valence-corrected chi connectivity index (χ4v) is 5.48. The molecule has 38 heavy (non-hydrogen) atoms. The summed E-state index contributed by atoms with van der Waals surface area (Å²) in [7, 11) is -4.78. The lowest BCUT2D eigenvalue weighted by atomic mass is 10.1. The van der Waals surface area contributed by atoms with Crippen LogP contribution in [0.3, 0.4) is 0 Å². The quantitative estimate of drug-likeness (QED) is 0.260. The van der Waals surface area contributed by atoms with Crippen LogP contribution in [0.4, 0.5) is 13.2 Å². The Morgan fingerprint density at radius 1 is 0.947 bits per heavy atom. The zero-order valence-corrected chi connectivity index (χ0v) is 22.1. The third kappa shape index (κ3) is 6.15. The van der Waals surface area contributed by atoms with Crippen LogP contribution in [0.1, 0.15) is 28.3 Å². The number of aryl methyl sites for hydroxylation is 3. The van der Waals surface area contributed by atoms with Gasteiger partial charge in [-0.15, -0.1) is 0 Å². The van der Waals surface area contributed by atoms with E-state index in [4.69, 9.17) is 16.3 Å². The van der Waals surface area contributed by atoms with Crippen LogP contribution in [0, 0.1) is 20.8 Å². The van der Waals surface area contributed by atoms with Gasteiger partial charge in [0.15, 0.2) is 0 Å². The molecule has 11 heteroatoms. The maximum absolute atomic E-state index is 14.0. The Balaban J connectivity index is 1.85. The van der Waals surface area contributed by atoms with Gasteiger partial charge >= 0.3 is 6.18 Å². The molecule has 0 aliphatic heterocycles. The molecule has 4 rings (SSSR count). The summed E-state index contributed by atoms with van der Waals surface area (Å²) in [4.78, 5) is 7.83. The van der Waals surface area contributed by atoms with Gasteiger partial charge in [0.05, 0.1) is 10.7 Å². The van der Waals surface area contributed by atoms with Crippen molar-refractivity contribution in [2.75, 3.05) is 0 Å². The van der Waals surface area contributed by atoms with E-state index in [1.165, 1.54) is 48.8 Å². The maximum atomic E-state index is 14.0. The van der Waals surface area contributed by atoms with Crippen LogP contribution >= 0.6 is 11.6 Å². The summed E-state index contributed by atoms with van der Waals surface area (Å²) >= 11 is 6.05. The minimum Gasteiger partial charge on any atom is -0.437 e. The average molecular weight is 562 g/mol. The molecule has 0 aliphatic rings. The summed E-state index contributed by atoms with van der Waals surface area (Å²) in [6.07, 6.45) is -2.01. The minimum atomic E-state index is -4.90. The molecule has 0 fully saturated rings. The summed E-state index contributed by atoms with van der Waals surface area (Å²) in [6.45, 7) is 5.46. The van der Waals surface area contributed by atoms with Crippen LogP contribution in [0.2, 0.25) is 5.02 Å². The summed E-state index contributed by atoms with van der Waals surface area (Å²) in [5.41, 5.74) is 2.84. The Labute approximate surface area is 223 Å². The molecule has 198 valence electrons. The van der Waals surface area contributed by atoms with Crippen LogP contribution in [-0.2, 0) is 10.0 Å². The number of nitrogens with one attached hydrogen (secondary N) is 1. The fourth-order valence-electron chi connectivity index (χ4n) is 4.03. The van der Waals surface area contributed by atoms with Crippen LogP contribution in [-0.4, -0.2) is 24.6 Å². The van der Waals surface area contributed by atoms with Gasteiger partial charge in [-0.1, -0.05) is 59.6 Å². The van der Waals surface area contributed by atoms with Gasteiger partial charge in [-0.3, -0.25) is 4.98 Å². The number of aromatic nitrogens is 2. The van der Waals surface area contributed by atoms with Gasteiger partial charge < -0.3 is 4.74 Å². The molecular formula is C27H23ClF3N3O3S. The Morgan fingerprint density at radius 3 is 2.21 bits per heavy atom. The number of nitrogens with zero attached hydrogens (tertiary/aromatic N) is 2. The molecule has 6 nitrogen and oxygen atoms in total. The molecule has 1 N–H and O–H groups in total. The van der Waals surface area contributed by atoms with E-state index in [1.807, 2.05) is 19.1 Å². The predicted molar refractivity (Wildman–Crippen MR) is 139 cm³/mol. The number of sulfonamides is 1. The van der Waals surface area contributed by atoms with Gasteiger partial charge in [0.1, 0.15) is 16.7 Å². The van der Waals surface area contributed by atoms with Gasteiger partial charge in [0, 0.05) is 18.0 Å². The largest absolute Gasteiger partial charge is 0.437 e. The van der Waals surface area contributed by atoms with E-state index >= 15 is 0 Å². The van der Waals surface area contributed by atoms with Crippen molar-refractivity contribution < 1.29 is 26.3 Å². The second-order valence-corrected chi connectivity index (χ2v) is 10.8. The van der Waals surface area contributed by atoms with E-state index < -0.39 is 27.1 Å². The zero-order valence-electron chi connectivity index (χ0n) is 20.5. The van der Waals surface area contributed by atoms with E-state index in [9.17, 15) is 21.6 Å². The molecule has 2 heterocycles. The van der Waals surface area contributed by atoms with Gasteiger partial charge in [0.25, 0.3) is 0 Å². The van der Waals surface area contributed by atoms with Crippen molar-refractivity contribution in [2.24, 2.45) is 0 Å². The van der Waals surface area contributed by atoms with Gasteiger partial charge in [-0.25, -0.2) is 13.4 Å². The van der Waals surface area contributed by atoms with E-state index in [1.54, 1.807) is 24.6 Å². The fraction of sp³-hybridized carbons (Fsp3) is 0.185. The van der Waals surface area contributed by atoms with Crippen molar-refractivity contribution in [3.63, 3.8) is 0 Å². The lowest BCUT2D eigenvalue weighted by molar-refractivity contribution is -0.153. The molecule has 2 aromatic heterocycles. The van der Waals surface area contributed by atoms with Crippen LogP contribution in [0.25, 0.3) is 11.3 Å². The summed E-state index contributed by atoms with van der Waals surface area (Å²) in [5.74, 6) is -0.0460. The second kappa shape index (κ2) is 10.7. The second-order valence-electron chi connectivity index (χ2n) is 8.73. The van der Waals surface area contributed by atoms with E-state index in [-0.39, 0.29) is 17.1 Å². The summed E-state index contributed by atoms with van der Waals surface area (Å²) in [5, 5.41) is 0.325. The first kappa shape index (κ1) is 27.6. The normalized spacial score (nSPS) is 12.8. The molecule has 2 aromatic carbocycles. The third-order valence-electron chi connectivity index (χ3n) is 5.65. The number of benzene rings is 2. The summed E-state index contributed by atoms with van der Waals surface area (Å²) in [6, 6.07) is 12.0. The SMILES string of the molecule is Cc1cc(C)c(Oc2nc(-c3cncc(Cl)c3)ccc2S(=O)(=O)N[C@@H](c2ccccc2)C(F)(F)F)c(C)c1. The first-order valence-corrected chi connectivity index (χ1v) is 13.2. The number of halogens is 4. The van der Waals surface area contributed by atoms with E-state index in [2.05, 4.69) is 9.97 Å². The molecule has 0 unspecified atom stereocenters. The van der Waals surface area contributed by atoms with Gasteiger partial charge in [-0.2, -0.15) is 17.9 Å². The van der Waals surface area contributed by atoms with Gasteiger partial charge in [-0.05, 0) is 55.7 Å². The highest BCUT2D eigenvalue weighted by molar-refractivity contribution is 7.89. The highest BCUT2D eigenvalue weighted by atomic mass is 35.5. The molecule has 0 radical (unpaired) electrons. The molecule has 1 atom stereocenters. The summed E-state index contributed by atoms with van der Waals surface area (Å²) < 4.78 is 76.6. The first-order valence-electron chi connectivity index (χ1n) is 11.4. The first-order chi connectivity index (χ1) is 17.8. The Kier molecular flexibility index (Phi) is 7.78. The molecule has 4 aromatic rings. The maximum Gasteiger partial charge on any atom is 0.408 e. The number of hydrogen-bond acceptors (Lipinski definition) is 5. The topological polar surface area (TPSA) is 81.2 Å². The van der Waals surface area contributed by atoms with E-state index in [0.717, 1.165) is 11.6 Å². The molecule has 0 aliphatic carbocycles. The highest BCUT2D eigenvalue weighted by Gasteiger charge is 2.44. The molecule has 0 saturated carbocycles. The van der Waals surface area contributed by atoms with Crippen molar-refractivity contribution in [1.82, 2.24) is 14.7 Å². The van der Waals surface area contributed by atoms with Crippen LogP contribution in [0.5, 0.6) is 11.6 Å². The van der Waals surface area contributed by atoms with Crippen molar-refractivity contribution >= 4 is 21.6 Å². The lowest BCUT2D eigenvalue weighted by Gasteiger charge is -2.23. The zero-order chi connectivity index (χ0) is 27.7. The third-order valence-corrected chi connectivity index (χ3v) is 7.29. The van der Waals surface area contributed by atoms with Crippen molar-refractivity contribution in [3.05, 3.63) is 100 Å². The molecule has 0 amide bonds. The Morgan fingerprint density at radius 2 is 1.61 bits per heavy atom.